The summed E-state index contributed by atoms with van der Waals surface area (Å²) in [6, 6.07) is 8.11. The van der Waals surface area contributed by atoms with Gasteiger partial charge in [0.05, 0.1) is 29.9 Å². The first-order chi connectivity index (χ1) is 13.7. The number of hydrogen-bond donors (Lipinski definition) is 1. The van der Waals surface area contributed by atoms with E-state index < -0.39 is 0 Å². The number of imidazole rings is 1. The third-order valence-electron chi connectivity index (χ3n) is 5.98. The van der Waals surface area contributed by atoms with Crippen molar-refractivity contribution >= 4 is 17.0 Å². The summed E-state index contributed by atoms with van der Waals surface area (Å²) in [5.41, 5.74) is 4.02. The van der Waals surface area contributed by atoms with Crippen molar-refractivity contribution in [1.82, 2.24) is 19.5 Å². The number of aliphatic hydroxyl groups is 1. The number of hydrogen-bond acceptors (Lipinski definition) is 6. The number of nitrogens with zero attached hydrogens (tertiary/aromatic N) is 5. The fourth-order valence-electron chi connectivity index (χ4n) is 4.57. The van der Waals surface area contributed by atoms with E-state index in [1.165, 1.54) is 5.56 Å². The molecule has 2 aliphatic heterocycles. The van der Waals surface area contributed by atoms with Gasteiger partial charge in [0.15, 0.2) is 0 Å². The Morgan fingerprint density at radius 2 is 2.00 bits per heavy atom. The summed E-state index contributed by atoms with van der Waals surface area (Å²) >= 11 is 0. The average Bonchev–Trinajstić information content (AvgIpc) is 3.08. The van der Waals surface area contributed by atoms with Gasteiger partial charge in [-0.15, -0.1) is 0 Å². The average molecular weight is 379 g/mol. The van der Waals surface area contributed by atoms with Crippen molar-refractivity contribution in [2.45, 2.75) is 38.3 Å². The Kier molecular flexibility index (Phi) is 4.29. The van der Waals surface area contributed by atoms with Gasteiger partial charge in [0, 0.05) is 25.8 Å². The van der Waals surface area contributed by atoms with Crippen molar-refractivity contribution in [3.63, 3.8) is 0 Å². The first-order valence-corrected chi connectivity index (χ1v) is 9.98. The Labute approximate surface area is 164 Å². The van der Waals surface area contributed by atoms with Crippen molar-refractivity contribution in [3.05, 3.63) is 47.5 Å². The van der Waals surface area contributed by atoms with E-state index in [0.29, 0.717) is 6.54 Å². The molecule has 0 aliphatic carbocycles. The predicted molar refractivity (Wildman–Crippen MR) is 106 cm³/mol. The molecule has 0 unspecified atom stereocenters. The number of para-hydroxylation sites is 2. The highest BCUT2D eigenvalue weighted by Gasteiger charge is 2.43. The molecule has 3 aromatic rings. The lowest BCUT2D eigenvalue weighted by molar-refractivity contribution is -0.0804. The molecule has 1 N–H and O–H groups in total. The molecule has 0 amide bonds. The predicted octanol–water partition coefficient (Wildman–Crippen LogP) is 2.20. The Bertz CT molecular complexity index is 1010. The monoisotopic (exact) mass is 379 g/mol. The molecule has 7 nitrogen and oxygen atoms in total. The van der Waals surface area contributed by atoms with E-state index in [2.05, 4.69) is 20.5 Å². The highest BCUT2D eigenvalue weighted by atomic mass is 16.5. The van der Waals surface area contributed by atoms with Gasteiger partial charge in [0.25, 0.3) is 0 Å². The fourth-order valence-corrected chi connectivity index (χ4v) is 4.57. The molecule has 1 aromatic carbocycles. The lowest BCUT2D eigenvalue weighted by Crippen LogP contribution is -2.48. The van der Waals surface area contributed by atoms with Gasteiger partial charge in [-0.3, -0.25) is 0 Å². The van der Waals surface area contributed by atoms with Gasteiger partial charge < -0.3 is 19.3 Å². The highest BCUT2D eigenvalue weighted by molar-refractivity contribution is 5.78. The standard InChI is InChI=1S/C21H25N5O2/c1-15-22-14-16-6-13-28-21(19(16)23-15)7-9-25(10-8-21)20-24-17-4-2-3-5-18(17)26(20)11-12-27/h2-5,14,27H,6-13H2,1H3. The van der Waals surface area contributed by atoms with Crippen LogP contribution in [0.4, 0.5) is 5.95 Å². The number of rotatable bonds is 3. The quantitative estimate of drug-likeness (QED) is 0.752. The molecule has 0 atom stereocenters. The van der Waals surface area contributed by atoms with Crippen LogP contribution in [0, 0.1) is 6.92 Å². The van der Waals surface area contributed by atoms with Gasteiger partial charge in [-0.2, -0.15) is 0 Å². The van der Waals surface area contributed by atoms with Crippen LogP contribution in [0.2, 0.25) is 0 Å². The second-order valence-corrected chi connectivity index (χ2v) is 7.65. The first-order valence-electron chi connectivity index (χ1n) is 9.98. The van der Waals surface area contributed by atoms with Crippen molar-refractivity contribution in [2.75, 3.05) is 31.2 Å². The number of ether oxygens (including phenoxy) is 1. The summed E-state index contributed by atoms with van der Waals surface area (Å²) in [6.07, 6.45) is 4.60. The van der Waals surface area contributed by atoms with Crippen LogP contribution in [0.1, 0.15) is 29.9 Å². The lowest BCUT2D eigenvalue weighted by atomic mass is 9.83. The molecule has 2 aliphatic rings. The molecular formula is C21H25N5O2. The number of aryl methyl sites for hydroxylation is 1. The van der Waals surface area contributed by atoms with E-state index in [0.717, 1.165) is 67.5 Å². The van der Waals surface area contributed by atoms with Crippen molar-refractivity contribution < 1.29 is 9.84 Å². The summed E-state index contributed by atoms with van der Waals surface area (Å²) in [7, 11) is 0. The summed E-state index contributed by atoms with van der Waals surface area (Å²) in [5, 5.41) is 9.55. The number of aromatic nitrogens is 4. The van der Waals surface area contributed by atoms with E-state index >= 15 is 0 Å². The first kappa shape index (κ1) is 17.6. The molecule has 0 bridgehead atoms. The van der Waals surface area contributed by atoms with Crippen LogP contribution >= 0.6 is 0 Å². The van der Waals surface area contributed by atoms with Crippen LogP contribution < -0.4 is 4.90 Å². The molecule has 1 fully saturated rings. The van der Waals surface area contributed by atoms with E-state index in [-0.39, 0.29) is 12.2 Å². The molecule has 0 radical (unpaired) electrons. The molecule has 5 rings (SSSR count). The van der Waals surface area contributed by atoms with Crippen LogP contribution in [0.5, 0.6) is 0 Å². The SMILES string of the molecule is Cc1ncc2c(n1)C1(CCN(c3nc4ccccc4n3CCO)CC1)OCC2. The van der Waals surface area contributed by atoms with Gasteiger partial charge in [0.1, 0.15) is 11.4 Å². The summed E-state index contributed by atoms with van der Waals surface area (Å²) in [6.45, 7) is 4.99. The van der Waals surface area contributed by atoms with Gasteiger partial charge in [0.2, 0.25) is 5.95 Å². The smallest absolute Gasteiger partial charge is 0.206 e. The molecular weight excluding hydrogens is 354 g/mol. The second kappa shape index (κ2) is 6.83. The topological polar surface area (TPSA) is 76.3 Å². The van der Waals surface area contributed by atoms with E-state index in [4.69, 9.17) is 14.7 Å². The molecule has 146 valence electrons. The summed E-state index contributed by atoms with van der Waals surface area (Å²) in [4.78, 5) is 16.3. The third kappa shape index (κ3) is 2.77. The maximum Gasteiger partial charge on any atom is 0.206 e. The molecule has 0 saturated carbocycles. The van der Waals surface area contributed by atoms with Gasteiger partial charge in [-0.1, -0.05) is 12.1 Å². The zero-order chi connectivity index (χ0) is 19.1. The zero-order valence-electron chi connectivity index (χ0n) is 16.1. The van der Waals surface area contributed by atoms with Crippen LogP contribution in [-0.4, -0.2) is 50.9 Å². The zero-order valence-corrected chi connectivity index (χ0v) is 16.1. The number of piperidine rings is 1. The highest BCUT2D eigenvalue weighted by Crippen LogP contribution is 2.41. The molecule has 2 aromatic heterocycles. The van der Waals surface area contributed by atoms with Crippen LogP contribution in [0.3, 0.4) is 0 Å². The van der Waals surface area contributed by atoms with Crippen molar-refractivity contribution in [1.29, 1.82) is 0 Å². The van der Waals surface area contributed by atoms with Crippen LogP contribution in [0.15, 0.2) is 30.5 Å². The minimum atomic E-state index is -0.314. The molecule has 1 spiro atoms. The molecule has 7 heteroatoms. The second-order valence-electron chi connectivity index (χ2n) is 7.65. The number of anilines is 1. The molecule has 28 heavy (non-hydrogen) atoms. The minimum absolute atomic E-state index is 0.0951. The van der Waals surface area contributed by atoms with E-state index in [1.807, 2.05) is 31.3 Å². The summed E-state index contributed by atoms with van der Waals surface area (Å²) < 4.78 is 8.44. The fraction of sp³-hybridized carbons (Fsp3) is 0.476. The largest absolute Gasteiger partial charge is 0.395 e. The Hall–Kier alpha value is -2.51. The maximum absolute atomic E-state index is 9.55. The summed E-state index contributed by atoms with van der Waals surface area (Å²) in [5.74, 6) is 1.73. The van der Waals surface area contributed by atoms with Gasteiger partial charge in [-0.05, 0) is 43.9 Å². The van der Waals surface area contributed by atoms with Gasteiger partial charge >= 0.3 is 0 Å². The number of aliphatic hydroxyl groups excluding tert-OH is 1. The number of benzene rings is 1. The normalized spacial score (nSPS) is 18.6. The minimum Gasteiger partial charge on any atom is -0.395 e. The van der Waals surface area contributed by atoms with Gasteiger partial charge in [-0.25, -0.2) is 15.0 Å². The third-order valence-corrected chi connectivity index (χ3v) is 5.98. The molecule has 4 heterocycles. The molecule has 1 saturated heterocycles. The number of fused-ring (bicyclic) bond motifs is 3. The maximum atomic E-state index is 9.55. The Balaban J connectivity index is 1.45. The van der Waals surface area contributed by atoms with E-state index in [9.17, 15) is 5.11 Å². The lowest BCUT2D eigenvalue weighted by Gasteiger charge is -2.44. The Morgan fingerprint density at radius 3 is 2.82 bits per heavy atom. The van der Waals surface area contributed by atoms with Crippen molar-refractivity contribution in [3.8, 4) is 0 Å². The van der Waals surface area contributed by atoms with Crippen molar-refractivity contribution in [2.24, 2.45) is 0 Å². The van der Waals surface area contributed by atoms with E-state index in [1.54, 1.807) is 0 Å². The van der Waals surface area contributed by atoms with Crippen LogP contribution in [-0.2, 0) is 23.3 Å². The Morgan fingerprint density at radius 1 is 1.18 bits per heavy atom. The van der Waals surface area contributed by atoms with Crippen LogP contribution in [0.25, 0.3) is 11.0 Å².